The molecule has 2 atom stereocenters. The number of amides is 1. The molecule has 2 aromatic rings. The number of fused-ring (bicyclic) bond motifs is 2. The summed E-state index contributed by atoms with van der Waals surface area (Å²) in [5.74, 6) is 0.771. The van der Waals surface area contributed by atoms with E-state index in [0.717, 1.165) is 21.9 Å². The normalized spacial score (nSPS) is 22.6. The fraction of sp³-hybridized carbons (Fsp3) is 0.609. The van der Waals surface area contributed by atoms with E-state index < -0.39 is 0 Å². The van der Waals surface area contributed by atoms with Gasteiger partial charge in [0.25, 0.3) is 0 Å². The molecule has 0 spiro atoms. The van der Waals surface area contributed by atoms with Gasteiger partial charge in [-0.2, -0.15) is 0 Å². The fourth-order valence-electron chi connectivity index (χ4n) is 5.13. The van der Waals surface area contributed by atoms with Crippen LogP contribution in [0.1, 0.15) is 32.1 Å². The molecule has 1 amide bonds. The SMILES string of the molecule is COCCN(C[C@@H]1CCCN2CCCC[C@H]12)C(=O)Cn1ccc2ccc(Br)cc21. The van der Waals surface area contributed by atoms with Crippen LogP contribution in [-0.2, 0) is 16.1 Å². The second-order valence-corrected chi connectivity index (χ2v) is 9.40. The van der Waals surface area contributed by atoms with Gasteiger partial charge in [0.05, 0.1) is 6.61 Å². The molecule has 6 heteroatoms. The van der Waals surface area contributed by atoms with E-state index in [9.17, 15) is 4.79 Å². The lowest BCUT2D eigenvalue weighted by Gasteiger charge is -2.45. The van der Waals surface area contributed by atoms with E-state index >= 15 is 0 Å². The Labute approximate surface area is 182 Å². The number of hydrogen-bond acceptors (Lipinski definition) is 3. The number of carbonyl (C=O) groups is 1. The van der Waals surface area contributed by atoms with Gasteiger partial charge in [0.1, 0.15) is 6.54 Å². The summed E-state index contributed by atoms with van der Waals surface area (Å²) in [5.41, 5.74) is 1.09. The van der Waals surface area contributed by atoms with Crippen molar-refractivity contribution in [3.05, 3.63) is 34.9 Å². The maximum Gasteiger partial charge on any atom is 0.242 e. The first kappa shape index (κ1) is 20.9. The molecule has 2 fully saturated rings. The van der Waals surface area contributed by atoms with E-state index in [0.29, 0.717) is 31.7 Å². The van der Waals surface area contributed by atoms with Gasteiger partial charge in [-0.05, 0) is 68.3 Å². The van der Waals surface area contributed by atoms with Gasteiger partial charge in [-0.1, -0.05) is 28.4 Å². The first-order chi connectivity index (χ1) is 14.2. The Morgan fingerprint density at radius 2 is 2.07 bits per heavy atom. The molecule has 29 heavy (non-hydrogen) atoms. The minimum Gasteiger partial charge on any atom is -0.383 e. The first-order valence-electron chi connectivity index (χ1n) is 10.9. The van der Waals surface area contributed by atoms with Crippen molar-refractivity contribution in [3.8, 4) is 0 Å². The topological polar surface area (TPSA) is 37.7 Å². The van der Waals surface area contributed by atoms with Gasteiger partial charge in [-0.3, -0.25) is 4.79 Å². The van der Waals surface area contributed by atoms with Crippen LogP contribution in [0.5, 0.6) is 0 Å². The summed E-state index contributed by atoms with van der Waals surface area (Å²) in [6.07, 6.45) is 8.45. The van der Waals surface area contributed by atoms with Gasteiger partial charge in [0.2, 0.25) is 5.91 Å². The number of ether oxygens (including phenoxy) is 1. The molecule has 4 rings (SSSR count). The summed E-state index contributed by atoms with van der Waals surface area (Å²) in [7, 11) is 1.71. The van der Waals surface area contributed by atoms with Crippen LogP contribution in [0, 0.1) is 5.92 Å². The van der Waals surface area contributed by atoms with Gasteiger partial charge in [0.15, 0.2) is 0 Å². The number of carbonyl (C=O) groups excluding carboxylic acids is 1. The molecule has 0 N–H and O–H groups in total. The molecule has 0 aliphatic carbocycles. The van der Waals surface area contributed by atoms with E-state index in [-0.39, 0.29) is 5.91 Å². The average molecular weight is 462 g/mol. The zero-order valence-corrected chi connectivity index (χ0v) is 18.9. The maximum absolute atomic E-state index is 13.3. The van der Waals surface area contributed by atoms with Gasteiger partial charge < -0.3 is 19.1 Å². The van der Waals surface area contributed by atoms with Crippen LogP contribution < -0.4 is 0 Å². The third-order valence-electron chi connectivity index (χ3n) is 6.64. The van der Waals surface area contributed by atoms with Crippen LogP contribution in [0.4, 0.5) is 0 Å². The van der Waals surface area contributed by atoms with Crippen molar-refractivity contribution in [1.82, 2.24) is 14.4 Å². The Bertz CT molecular complexity index is 835. The van der Waals surface area contributed by atoms with E-state index in [2.05, 4.69) is 48.5 Å². The molecule has 2 aliphatic heterocycles. The molecule has 0 radical (unpaired) electrons. The summed E-state index contributed by atoms with van der Waals surface area (Å²) in [5, 5.41) is 1.16. The molecule has 5 nitrogen and oxygen atoms in total. The lowest BCUT2D eigenvalue weighted by molar-refractivity contribution is -0.133. The summed E-state index contributed by atoms with van der Waals surface area (Å²) in [6.45, 7) is 4.96. The van der Waals surface area contributed by atoms with Crippen molar-refractivity contribution in [3.63, 3.8) is 0 Å². The van der Waals surface area contributed by atoms with Gasteiger partial charge in [-0.25, -0.2) is 0 Å². The van der Waals surface area contributed by atoms with E-state index in [1.807, 2.05) is 12.3 Å². The van der Waals surface area contributed by atoms with Crippen LogP contribution in [0.2, 0.25) is 0 Å². The fourth-order valence-corrected chi connectivity index (χ4v) is 5.48. The number of benzene rings is 1. The maximum atomic E-state index is 13.3. The third kappa shape index (κ3) is 4.86. The van der Waals surface area contributed by atoms with Crippen molar-refractivity contribution in [2.75, 3.05) is 39.9 Å². The van der Waals surface area contributed by atoms with Crippen LogP contribution in [0.25, 0.3) is 10.9 Å². The zero-order chi connectivity index (χ0) is 20.2. The van der Waals surface area contributed by atoms with Crippen LogP contribution in [0.15, 0.2) is 34.9 Å². The number of halogens is 1. The van der Waals surface area contributed by atoms with E-state index in [1.165, 1.54) is 45.2 Å². The molecule has 158 valence electrons. The van der Waals surface area contributed by atoms with Crippen LogP contribution in [-0.4, -0.2) is 66.2 Å². The second-order valence-electron chi connectivity index (χ2n) is 8.48. The number of methoxy groups -OCH3 is 1. The molecule has 2 aliphatic rings. The van der Waals surface area contributed by atoms with Crippen molar-refractivity contribution in [2.45, 2.75) is 44.7 Å². The summed E-state index contributed by atoms with van der Waals surface area (Å²) >= 11 is 3.55. The number of nitrogens with zero attached hydrogens (tertiary/aromatic N) is 3. The summed E-state index contributed by atoms with van der Waals surface area (Å²) in [6, 6.07) is 8.94. The molecular weight excluding hydrogens is 430 g/mol. The second kappa shape index (κ2) is 9.63. The monoisotopic (exact) mass is 461 g/mol. The standard InChI is InChI=1S/C23H32BrN3O2/c1-29-14-13-27(16-19-5-4-11-25-10-3-2-6-21(19)25)23(28)17-26-12-9-18-7-8-20(24)15-22(18)26/h7-9,12,15,19,21H,2-6,10-11,13-14,16-17H2,1H3/t19-,21+/m0/s1. The third-order valence-corrected chi connectivity index (χ3v) is 7.14. The summed E-state index contributed by atoms with van der Waals surface area (Å²) in [4.78, 5) is 18.0. The molecule has 0 bridgehead atoms. The Morgan fingerprint density at radius 1 is 1.21 bits per heavy atom. The predicted octanol–water partition coefficient (Wildman–Crippen LogP) is 4.14. The number of hydrogen-bond donors (Lipinski definition) is 0. The quantitative estimate of drug-likeness (QED) is 0.621. The molecule has 2 saturated heterocycles. The van der Waals surface area contributed by atoms with Crippen molar-refractivity contribution in [1.29, 1.82) is 0 Å². The average Bonchev–Trinajstić information content (AvgIpc) is 3.13. The smallest absolute Gasteiger partial charge is 0.242 e. The number of rotatable bonds is 7. The highest BCUT2D eigenvalue weighted by Crippen LogP contribution is 2.31. The Balaban J connectivity index is 1.48. The zero-order valence-electron chi connectivity index (χ0n) is 17.4. The van der Waals surface area contributed by atoms with Crippen molar-refractivity contribution in [2.24, 2.45) is 5.92 Å². The molecular formula is C23H32BrN3O2. The van der Waals surface area contributed by atoms with E-state index in [1.54, 1.807) is 7.11 Å². The highest BCUT2D eigenvalue weighted by molar-refractivity contribution is 9.10. The van der Waals surface area contributed by atoms with Crippen LogP contribution >= 0.6 is 15.9 Å². The summed E-state index contributed by atoms with van der Waals surface area (Å²) < 4.78 is 8.42. The Kier molecular flexibility index (Phi) is 6.93. The minimum absolute atomic E-state index is 0.187. The largest absolute Gasteiger partial charge is 0.383 e. The Morgan fingerprint density at radius 3 is 2.93 bits per heavy atom. The number of aromatic nitrogens is 1. The van der Waals surface area contributed by atoms with Crippen molar-refractivity contribution < 1.29 is 9.53 Å². The molecule has 1 aromatic heterocycles. The first-order valence-corrected chi connectivity index (χ1v) is 11.7. The molecule has 0 saturated carbocycles. The lowest BCUT2D eigenvalue weighted by Crippen LogP contribution is -2.52. The van der Waals surface area contributed by atoms with Gasteiger partial charge in [-0.15, -0.1) is 0 Å². The van der Waals surface area contributed by atoms with Crippen molar-refractivity contribution >= 4 is 32.7 Å². The van der Waals surface area contributed by atoms with Gasteiger partial charge in [0, 0.05) is 42.4 Å². The van der Waals surface area contributed by atoms with Gasteiger partial charge >= 0.3 is 0 Å². The minimum atomic E-state index is 0.187. The highest BCUT2D eigenvalue weighted by Gasteiger charge is 2.34. The lowest BCUT2D eigenvalue weighted by atomic mass is 9.83. The molecule has 1 aromatic carbocycles. The molecule has 0 unspecified atom stereocenters. The number of piperidine rings is 2. The highest BCUT2D eigenvalue weighted by atomic mass is 79.9. The predicted molar refractivity (Wildman–Crippen MR) is 120 cm³/mol. The van der Waals surface area contributed by atoms with Crippen LogP contribution in [0.3, 0.4) is 0 Å². The Hall–Kier alpha value is -1.37. The van der Waals surface area contributed by atoms with E-state index in [4.69, 9.17) is 4.74 Å². The molecule has 3 heterocycles.